The summed E-state index contributed by atoms with van der Waals surface area (Å²) < 4.78 is 5.31. The number of hydrogen-bond donors (Lipinski definition) is 4. The van der Waals surface area contributed by atoms with Crippen LogP contribution in [0.3, 0.4) is 0 Å². The number of nitrogens with two attached hydrogens (primary N) is 1. The molecule has 2 aliphatic rings. The fourth-order valence-electron chi connectivity index (χ4n) is 2.75. The highest BCUT2D eigenvalue weighted by atomic mass is 16.5. The minimum Gasteiger partial charge on any atom is -0.482 e. The van der Waals surface area contributed by atoms with Gasteiger partial charge in [0.05, 0.1) is 29.2 Å². The Kier molecular flexibility index (Phi) is 3.40. The number of ether oxygens (including phenoxy) is 1. The highest BCUT2D eigenvalue weighted by molar-refractivity contribution is 5.97. The molecule has 1 amide bonds. The molecule has 0 bridgehead atoms. The first-order valence-corrected chi connectivity index (χ1v) is 6.94. The predicted molar refractivity (Wildman–Crippen MR) is 76.9 cm³/mol. The summed E-state index contributed by atoms with van der Waals surface area (Å²) in [6, 6.07) is 3.47. The molecule has 2 atom stereocenters. The average molecular weight is 277 g/mol. The van der Waals surface area contributed by atoms with Crippen LogP contribution in [0.1, 0.15) is 25.7 Å². The third-order valence-electron chi connectivity index (χ3n) is 3.85. The maximum Gasteiger partial charge on any atom is 0.262 e. The highest BCUT2D eigenvalue weighted by Gasteiger charge is 2.24. The normalized spacial score (nSPS) is 25.4. The van der Waals surface area contributed by atoms with Gasteiger partial charge in [-0.05, 0) is 18.9 Å². The molecule has 108 valence electrons. The molecule has 1 aromatic rings. The third-order valence-corrected chi connectivity index (χ3v) is 3.85. The van der Waals surface area contributed by atoms with Crippen molar-refractivity contribution in [1.82, 2.24) is 0 Å². The molecular formula is C14H19N3O3. The second-order valence-electron chi connectivity index (χ2n) is 5.38. The molecule has 0 saturated heterocycles. The Labute approximate surface area is 117 Å². The Balaban J connectivity index is 1.82. The summed E-state index contributed by atoms with van der Waals surface area (Å²) in [7, 11) is 0. The average Bonchev–Trinajstić information content (AvgIpc) is 2.42. The van der Waals surface area contributed by atoms with E-state index in [0.29, 0.717) is 17.1 Å². The van der Waals surface area contributed by atoms with Gasteiger partial charge in [-0.15, -0.1) is 0 Å². The maximum atomic E-state index is 11.3. The van der Waals surface area contributed by atoms with Crippen LogP contribution in [0.5, 0.6) is 5.75 Å². The Morgan fingerprint density at radius 3 is 2.95 bits per heavy atom. The van der Waals surface area contributed by atoms with Gasteiger partial charge in [0.15, 0.2) is 6.61 Å². The van der Waals surface area contributed by atoms with E-state index >= 15 is 0 Å². The number of anilines is 3. The van der Waals surface area contributed by atoms with Gasteiger partial charge < -0.3 is 26.2 Å². The third kappa shape index (κ3) is 2.51. The molecule has 3 rings (SSSR count). The van der Waals surface area contributed by atoms with Crippen LogP contribution in [0.2, 0.25) is 0 Å². The minimum absolute atomic E-state index is 0.00399. The van der Waals surface area contributed by atoms with Crippen molar-refractivity contribution in [3.05, 3.63) is 12.1 Å². The van der Waals surface area contributed by atoms with Crippen LogP contribution < -0.4 is 21.1 Å². The molecule has 6 heteroatoms. The number of nitrogens with one attached hydrogen (secondary N) is 2. The summed E-state index contributed by atoms with van der Waals surface area (Å²) >= 11 is 0. The number of hydrogen-bond acceptors (Lipinski definition) is 5. The first kappa shape index (κ1) is 13.1. The molecule has 1 fully saturated rings. The maximum absolute atomic E-state index is 11.3. The molecule has 1 heterocycles. The smallest absolute Gasteiger partial charge is 0.262 e. The van der Waals surface area contributed by atoms with Crippen molar-refractivity contribution in [3.8, 4) is 5.75 Å². The van der Waals surface area contributed by atoms with Crippen molar-refractivity contribution < 1.29 is 14.6 Å². The Morgan fingerprint density at radius 1 is 1.35 bits per heavy atom. The van der Waals surface area contributed by atoms with Crippen molar-refractivity contribution in [2.75, 3.05) is 23.0 Å². The van der Waals surface area contributed by atoms with Gasteiger partial charge in [0.2, 0.25) is 0 Å². The van der Waals surface area contributed by atoms with Gasteiger partial charge in [-0.25, -0.2) is 0 Å². The van der Waals surface area contributed by atoms with Gasteiger partial charge in [0.25, 0.3) is 5.91 Å². The minimum atomic E-state index is -0.356. The van der Waals surface area contributed by atoms with Gasteiger partial charge in [-0.1, -0.05) is 12.8 Å². The molecular weight excluding hydrogens is 258 g/mol. The van der Waals surface area contributed by atoms with E-state index in [1.54, 1.807) is 12.1 Å². The van der Waals surface area contributed by atoms with Gasteiger partial charge in [0.1, 0.15) is 5.75 Å². The number of aliphatic hydroxyl groups is 1. The van der Waals surface area contributed by atoms with E-state index in [1.165, 1.54) is 0 Å². The quantitative estimate of drug-likeness (QED) is 0.611. The van der Waals surface area contributed by atoms with E-state index in [9.17, 15) is 9.90 Å². The summed E-state index contributed by atoms with van der Waals surface area (Å²) in [4.78, 5) is 11.3. The number of aliphatic hydroxyl groups excluding tert-OH is 1. The predicted octanol–water partition coefficient (Wildman–Crippen LogP) is 1.32. The zero-order valence-corrected chi connectivity index (χ0v) is 11.2. The van der Waals surface area contributed by atoms with E-state index in [2.05, 4.69) is 10.6 Å². The summed E-state index contributed by atoms with van der Waals surface area (Å²) in [6.45, 7) is 0.0144. The molecule has 1 aliphatic carbocycles. The Bertz CT molecular complexity index is 533. The van der Waals surface area contributed by atoms with Gasteiger partial charge >= 0.3 is 0 Å². The fraction of sp³-hybridized carbons (Fsp3) is 0.500. The molecule has 0 radical (unpaired) electrons. The van der Waals surface area contributed by atoms with Crippen LogP contribution in [-0.2, 0) is 4.79 Å². The lowest BCUT2D eigenvalue weighted by Gasteiger charge is -2.30. The Hall–Kier alpha value is -1.95. The van der Waals surface area contributed by atoms with E-state index in [-0.39, 0.29) is 24.7 Å². The monoisotopic (exact) mass is 277 g/mol. The molecule has 5 N–H and O–H groups in total. The van der Waals surface area contributed by atoms with Crippen molar-refractivity contribution >= 4 is 23.0 Å². The summed E-state index contributed by atoms with van der Waals surface area (Å²) in [5.74, 6) is 0.405. The van der Waals surface area contributed by atoms with Gasteiger partial charge in [-0.2, -0.15) is 0 Å². The molecule has 1 aromatic carbocycles. The molecule has 6 nitrogen and oxygen atoms in total. The number of amides is 1. The number of rotatable bonds is 2. The van der Waals surface area contributed by atoms with E-state index < -0.39 is 0 Å². The molecule has 2 unspecified atom stereocenters. The first-order valence-electron chi connectivity index (χ1n) is 6.94. The largest absolute Gasteiger partial charge is 0.482 e. The molecule has 1 saturated carbocycles. The first-order chi connectivity index (χ1) is 9.63. The number of carbonyl (C=O) groups is 1. The van der Waals surface area contributed by atoms with Crippen molar-refractivity contribution in [2.24, 2.45) is 0 Å². The second kappa shape index (κ2) is 5.20. The van der Waals surface area contributed by atoms with Crippen LogP contribution in [0.15, 0.2) is 12.1 Å². The van der Waals surface area contributed by atoms with E-state index in [4.69, 9.17) is 10.5 Å². The number of nitrogen functional groups attached to an aromatic ring is 1. The molecule has 0 spiro atoms. The standard InChI is InChI=1S/C14H19N3O3/c15-8-5-13-11(17-14(19)7-20-13)6-10(8)16-9-3-1-2-4-12(9)18/h5-6,9,12,16,18H,1-4,7,15H2,(H,17,19). The van der Waals surface area contributed by atoms with Crippen LogP contribution in [0.4, 0.5) is 17.1 Å². The highest BCUT2D eigenvalue weighted by Crippen LogP contribution is 2.36. The summed E-state index contributed by atoms with van der Waals surface area (Å²) in [5, 5.41) is 16.0. The molecule has 0 aromatic heterocycles. The van der Waals surface area contributed by atoms with Crippen LogP contribution >= 0.6 is 0 Å². The zero-order valence-electron chi connectivity index (χ0n) is 11.2. The number of benzene rings is 1. The Morgan fingerprint density at radius 2 is 2.15 bits per heavy atom. The topological polar surface area (TPSA) is 96.6 Å². The molecule has 1 aliphatic heterocycles. The van der Waals surface area contributed by atoms with Crippen LogP contribution in [0, 0.1) is 0 Å². The SMILES string of the molecule is Nc1cc2c(cc1NC1CCCCC1O)NC(=O)CO2. The van der Waals surface area contributed by atoms with E-state index in [0.717, 1.165) is 31.4 Å². The lowest BCUT2D eigenvalue weighted by molar-refractivity contribution is -0.118. The van der Waals surface area contributed by atoms with Crippen molar-refractivity contribution in [2.45, 2.75) is 37.8 Å². The second-order valence-corrected chi connectivity index (χ2v) is 5.38. The van der Waals surface area contributed by atoms with Crippen molar-refractivity contribution in [1.29, 1.82) is 0 Å². The molecule has 20 heavy (non-hydrogen) atoms. The van der Waals surface area contributed by atoms with E-state index in [1.807, 2.05) is 0 Å². The van der Waals surface area contributed by atoms with Crippen molar-refractivity contribution in [3.63, 3.8) is 0 Å². The fourth-order valence-corrected chi connectivity index (χ4v) is 2.75. The lowest BCUT2D eigenvalue weighted by Crippen LogP contribution is -2.36. The number of fused-ring (bicyclic) bond motifs is 1. The van der Waals surface area contributed by atoms with Crippen LogP contribution in [-0.4, -0.2) is 29.8 Å². The summed E-state index contributed by atoms with van der Waals surface area (Å²) in [6.07, 6.45) is 3.52. The van der Waals surface area contributed by atoms with Gasteiger partial charge in [0, 0.05) is 6.07 Å². The van der Waals surface area contributed by atoms with Crippen LogP contribution in [0.25, 0.3) is 0 Å². The summed E-state index contributed by atoms with van der Waals surface area (Å²) in [5.41, 5.74) is 7.90. The zero-order chi connectivity index (χ0) is 14.1. The van der Waals surface area contributed by atoms with Gasteiger partial charge in [-0.3, -0.25) is 4.79 Å². The number of carbonyl (C=O) groups excluding carboxylic acids is 1. The lowest BCUT2D eigenvalue weighted by atomic mass is 9.92.